The van der Waals surface area contributed by atoms with E-state index in [-0.39, 0.29) is 0 Å². The van der Waals surface area contributed by atoms with E-state index in [1.54, 1.807) is 6.07 Å². The van der Waals surface area contributed by atoms with E-state index >= 15 is 0 Å². The van der Waals surface area contributed by atoms with Gasteiger partial charge in [-0.15, -0.1) is 0 Å². The summed E-state index contributed by atoms with van der Waals surface area (Å²) in [6.45, 7) is 2.14. The molecule has 1 heterocycles. The van der Waals surface area contributed by atoms with Gasteiger partial charge in [-0.3, -0.25) is 0 Å². The van der Waals surface area contributed by atoms with Crippen molar-refractivity contribution < 1.29 is 5.11 Å². The molecule has 2 rings (SSSR count). The maximum absolute atomic E-state index is 9.65. The van der Waals surface area contributed by atoms with Crippen molar-refractivity contribution in [3.63, 3.8) is 0 Å². The quantitative estimate of drug-likeness (QED) is 0.723. The van der Waals surface area contributed by atoms with Crippen LogP contribution >= 0.6 is 0 Å². The first-order valence-corrected chi connectivity index (χ1v) is 4.61. The van der Waals surface area contributed by atoms with E-state index in [4.69, 9.17) is 0 Å². The summed E-state index contributed by atoms with van der Waals surface area (Å²) in [5.74, 6) is 0.377. The van der Waals surface area contributed by atoms with Gasteiger partial charge in [0.25, 0.3) is 0 Å². The highest BCUT2D eigenvalue weighted by Gasteiger charge is 2.05. The molecular formula is C11H13NO. The molecule has 0 unspecified atom stereocenters. The minimum atomic E-state index is 0.377. The van der Waals surface area contributed by atoms with Gasteiger partial charge in [-0.1, -0.05) is 19.4 Å². The number of aryl methyl sites for hydroxylation is 1. The summed E-state index contributed by atoms with van der Waals surface area (Å²) in [5.41, 5.74) is 2.22. The molecule has 0 saturated carbocycles. The van der Waals surface area contributed by atoms with E-state index in [2.05, 4.69) is 11.9 Å². The van der Waals surface area contributed by atoms with Crippen molar-refractivity contribution in [2.45, 2.75) is 19.8 Å². The van der Waals surface area contributed by atoms with Crippen molar-refractivity contribution in [3.05, 3.63) is 30.0 Å². The van der Waals surface area contributed by atoms with Crippen LogP contribution in [0.25, 0.3) is 10.9 Å². The molecule has 2 N–H and O–H groups in total. The number of hydrogen-bond acceptors (Lipinski definition) is 1. The van der Waals surface area contributed by atoms with Crippen LogP contribution in [0.1, 0.15) is 18.9 Å². The molecule has 0 aliphatic rings. The van der Waals surface area contributed by atoms with Crippen molar-refractivity contribution in [1.82, 2.24) is 4.98 Å². The molecule has 0 spiro atoms. The molecule has 1 aromatic carbocycles. The summed E-state index contributed by atoms with van der Waals surface area (Å²) in [6, 6.07) is 5.56. The molecule has 0 saturated heterocycles. The lowest BCUT2D eigenvalue weighted by atomic mass is 10.1. The van der Waals surface area contributed by atoms with E-state index in [1.807, 2.05) is 18.3 Å². The van der Waals surface area contributed by atoms with Crippen LogP contribution in [0.5, 0.6) is 5.75 Å². The van der Waals surface area contributed by atoms with Crippen LogP contribution in [0.15, 0.2) is 24.4 Å². The van der Waals surface area contributed by atoms with Crippen molar-refractivity contribution in [3.8, 4) is 5.75 Å². The summed E-state index contributed by atoms with van der Waals surface area (Å²) in [6.07, 6.45) is 4.09. The topological polar surface area (TPSA) is 36.0 Å². The Kier molecular flexibility index (Phi) is 1.97. The lowest BCUT2D eigenvalue weighted by Gasteiger charge is -1.98. The fourth-order valence-corrected chi connectivity index (χ4v) is 1.70. The fourth-order valence-electron chi connectivity index (χ4n) is 1.70. The minimum absolute atomic E-state index is 0.377. The number of H-pyrrole nitrogens is 1. The molecule has 2 nitrogen and oxygen atoms in total. The van der Waals surface area contributed by atoms with Crippen LogP contribution < -0.4 is 0 Å². The van der Waals surface area contributed by atoms with Gasteiger partial charge in [0.15, 0.2) is 0 Å². The number of benzene rings is 1. The van der Waals surface area contributed by atoms with E-state index in [0.29, 0.717) is 5.75 Å². The van der Waals surface area contributed by atoms with E-state index in [9.17, 15) is 5.11 Å². The highest BCUT2D eigenvalue weighted by Crippen LogP contribution is 2.27. The monoisotopic (exact) mass is 175 g/mol. The molecule has 68 valence electrons. The van der Waals surface area contributed by atoms with Crippen molar-refractivity contribution in [1.29, 1.82) is 0 Å². The second kappa shape index (κ2) is 3.13. The van der Waals surface area contributed by atoms with Crippen LogP contribution in [0.2, 0.25) is 0 Å². The third-order valence-electron chi connectivity index (χ3n) is 2.28. The van der Waals surface area contributed by atoms with Crippen LogP contribution in [0.3, 0.4) is 0 Å². The first-order chi connectivity index (χ1) is 6.33. The number of phenolic OH excluding ortho intramolecular Hbond substituents is 1. The second-order valence-electron chi connectivity index (χ2n) is 3.26. The molecule has 2 heteroatoms. The van der Waals surface area contributed by atoms with Gasteiger partial charge in [0.2, 0.25) is 0 Å². The zero-order valence-corrected chi connectivity index (χ0v) is 7.67. The van der Waals surface area contributed by atoms with Gasteiger partial charge < -0.3 is 10.1 Å². The highest BCUT2D eigenvalue weighted by molar-refractivity contribution is 5.88. The summed E-state index contributed by atoms with van der Waals surface area (Å²) in [5, 5.41) is 10.6. The molecule has 0 amide bonds. The number of rotatable bonds is 2. The molecule has 2 aromatic rings. The lowest BCUT2D eigenvalue weighted by Crippen LogP contribution is -1.79. The van der Waals surface area contributed by atoms with Crippen LogP contribution in [0.4, 0.5) is 0 Å². The average molecular weight is 175 g/mol. The lowest BCUT2D eigenvalue weighted by molar-refractivity contribution is 0.481. The number of aromatic amines is 1. The smallest absolute Gasteiger partial charge is 0.125 e. The zero-order valence-electron chi connectivity index (χ0n) is 7.67. The third-order valence-corrected chi connectivity index (χ3v) is 2.28. The number of fused-ring (bicyclic) bond motifs is 1. The predicted molar refractivity (Wildman–Crippen MR) is 54.0 cm³/mol. The fraction of sp³-hybridized carbons (Fsp3) is 0.273. The van der Waals surface area contributed by atoms with E-state index in [1.165, 1.54) is 5.56 Å². The standard InChI is InChI=1S/C11H13NO/c1-2-4-8-7-12-9-5-3-6-10(13)11(8)9/h3,5-7,12-13H,2,4H2,1H3. The Labute approximate surface area is 77.2 Å². The largest absolute Gasteiger partial charge is 0.507 e. The van der Waals surface area contributed by atoms with E-state index < -0.39 is 0 Å². The summed E-state index contributed by atoms with van der Waals surface area (Å²) >= 11 is 0. The number of hydrogen-bond donors (Lipinski definition) is 2. The van der Waals surface area contributed by atoms with Crippen LogP contribution in [-0.2, 0) is 6.42 Å². The van der Waals surface area contributed by atoms with Gasteiger partial charge in [0, 0.05) is 17.1 Å². The number of aromatic hydroxyl groups is 1. The normalized spacial score (nSPS) is 10.8. The first-order valence-electron chi connectivity index (χ1n) is 4.61. The summed E-state index contributed by atoms with van der Waals surface area (Å²) in [4.78, 5) is 3.15. The Morgan fingerprint density at radius 2 is 2.23 bits per heavy atom. The number of nitrogens with one attached hydrogen (secondary N) is 1. The first kappa shape index (κ1) is 8.17. The van der Waals surface area contributed by atoms with Gasteiger partial charge in [-0.05, 0) is 24.1 Å². The highest BCUT2D eigenvalue weighted by atomic mass is 16.3. The summed E-state index contributed by atoms with van der Waals surface area (Å²) in [7, 11) is 0. The molecular weight excluding hydrogens is 162 g/mol. The molecule has 0 atom stereocenters. The van der Waals surface area contributed by atoms with Gasteiger partial charge >= 0.3 is 0 Å². The summed E-state index contributed by atoms with van der Waals surface area (Å²) < 4.78 is 0. The van der Waals surface area contributed by atoms with Crippen LogP contribution in [-0.4, -0.2) is 10.1 Å². The van der Waals surface area contributed by atoms with E-state index in [0.717, 1.165) is 23.7 Å². The molecule has 0 aliphatic carbocycles. The van der Waals surface area contributed by atoms with Gasteiger partial charge in [-0.2, -0.15) is 0 Å². The third kappa shape index (κ3) is 1.28. The maximum Gasteiger partial charge on any atom is 0.125 e. The minimum Gasteiger partial charge on any atom is -0.507 e. The molecule has 0 bridgehead atoms. The van der Waals surface area contributed by atoms with Gasteiger partial charge in [0.1, 0.15) is 5.75 Å². The Hall–Kier alpha value is -1.44. The zero-order chi connectivity index (χ0) is 9.26. The Morgan fingerprint density at radius 1 is 1.38 bits per heavy atom. The molecule has 1 aromatic heterocycles. The molecule has 0 radical (unpaired) electrons. The van der Waals surface area contributed by atoms with Crippen molar-refractivity contribution in [2.75, 3.05) is 0 Å². The Bertz CT molecular complexity index is 417. The van der Waals surface area contributed by atoms with Gasteiger partial charge in [-0.25, -0.2) is 0 Å². The SMILES string of the molecule is CCCc1c[nH]c2cccc(O)c12. The Morgan fingerprint density at radius 3 is 3.00 bits per heavy atom. The van der Waals surface area contributed by atoms with Crippen molar-refractivity contribution in [2.24, 2.45) is 0 Å². The molecule has 0 aliphatic heterocycles. The molecule has 13 heavy (non-hydrogen) atoms. The Balaban J connectivity index is 2.64. The average Bonchev–Trinajstić information content (AvgIpc) is 2.51. The predicted octanol–water partition coefficient (Wildman–Crippen LogP) is 2.83. The number of phenols is 1. The van der Waals surface area contributed by atoms with Gasteiger partial charge in [0.05, 0.1) is 0 Å². The van der Waals surface area contributed by atoms with Crippen molar-refractivity contribution >= 4 is 10.9 Å². The van der Waals surface area contributed by atoms with Crippen LogP contribution in [0, 0.1) is 0 Å². The maximum atomic E-state index is 9.65. The second-order valence-corrected chi connectivity index (χ2v) is 3.26. The molecule has 0 fully saturated rings. The number of aromatic nitrogens is 1.